The minimum Gasteiger partial charge on any atom is -0.359 e. The standard InChI is InChI=1S/C13H13N3O2/c1-9-11-4-7-16(8-12(11)18-15-9)13(17)10-2-5-14-6-3-10/h2-3,5-6H,4,7-8H2,1H3. The van der Waals surface area contributed by atoms with E-state index in [4.69, 9.17) is 4.52 Å². The second-order valence-corrected chi connectivity index (χ2v) is 4.38. The quantitative estimate of drug-likeness (QED) is 0.763. The van der Waals surface area contributed by atoms with Crippen LogP contribution in [0.15, 0.2) is 29.0 Å². The van der Waals surface area contributed by atoms with E-state index in [1.165, 1.54) is 0 Å². The van der Waals surface area contributed by atoms with Crippen LogP contribution in [-0.4, -0.2) is 27.5 Å². The van der Waals surface area contributed by atoms with Crippen LogP contribution >= 0.6 is 0 Å². The summed E-state index contributed by atoms with van der Waals surface area (Å²) in [6, 6.07) is 3.45. The molecule has 0 saturated carbocycles. The topological polar surface area (TPSA) is 59.2 Å². The van der Waals surface area contributed by atoms with Crippen LogP contribution in [0.4, 0.5) is 0 Å². The predicted octanol–water partition coefficient (Wildman–Crippen LogP) is 1.58. The van der Waals surface area contributed by atoms with Crippen molar-refractivity contribution >= 4 is 5.91 Å². The van der Waals surface area contributed by atoms with Gasteiger partial charge in [-0.15, -0.1) is 0 Å². The maximum atomic E-state index is 12.3. The number of amides is 1. The van der Waals surface area contributed by atoms with Crippen molar-refractivity contribution in [1.29, 1.82) is 0 Å². The van der Waals surface area contributed by atoms with Gasteiger partial charge in [0.2, 0.25) is 0 Å². The highest BCUT2D eigenvalue weighted by Crippen LogP contribution is 2.22. The van der Waals surface area contributed by atoms with Gasteiger partial charge in [-0.2, -0.15) is 0 Å². The van der Waals surface area contributed by atoms with Gasteiger partial charge in [-0.1, -0.05) is 5.16 Å². The molecule has 5 nitrogen and oxygen atoms in total. The van der Waals surface area contributed by atoms with Crippen molar-refractivity contribution in [3.05, 3.63) is 47.1 Å². The highest BCUT2D eigenvalue weighted by Gasteiger charge is 2.26. The predicted molar refractivity (Wildman–Crippen MR) is 63.9 cm³/mol. The average molecular weight is 243 g/mol. The molecule has 0 aromatic carbocycles. The summed E-state index contributed by atoms with van der Waals surface area (Å²) >= 11 is 0. The third kappa shape index (κ3) is 1.77. The highest BCUT2D eigenvalue weighted by molar-refractivity contribution is 5.94. The van der Waals surface area contributed by atoms with Crippen molar-refractivity contribution in [1.82, 2.24) is 15.0 Å². The molecule has 1 aliphatic heterocycles. The Morgan fingerprint density at radius 3 is 2.94 bits per heavy atom. The second-order valence-electron chi connectivity index (χ2n) is 4.38. The maximum absolute atomic E-state index is 12.3. The van der Waals surface area contributed by atoms with Gasteiger partial charge in [-0.05, 0) is 25.5 Å². The molecular weight excluding hydrogens is 230 g/mol. The number of carbonyl (C=O) groups is 1. The molecule has 0 aliphatic carbocycles. The smallest absolute Gasteiger partial charge is 0.254 e. The molecule has 3 rings (SSSR count). The van der Waals surface area contributed by atoms with Crippen LogP contribution < -0.4 is 0 Å². The van der Waals surface area contributed by atoms with E-state index in [1.54, 1.807) is 29.4 Å². The number of carbonyl (C=O) groups excluding carboxylic acids is 1. The van der Waals surface area contributed by atoms with Gasteiger partial charge in [0.05, 0.1) is 12.2 Å². The first-order chi connectivity index (χ1) is 8.75. The molecule has 0 atom stereocenters. The van der Waals surface area contributed by atoms with Crippen LogP contribution in [0.2, 0.25) is 0 Å². The summed E-state index contributed by atoms with van der Waals surface area (Å²) in [5.74, 6) is 0.818. The Balaban J connectivity index is 1.82. The Morgan fingerprint density at radius 1 is 1.39 bits per heavy atom. The molecule has 0 fully saturated rings. The number of hydrogen-bond acceptors (Lipinski definition) is 4. The molecule has 5 heteroatoms. The third-order valence-corrected chi connectivity index (χ3v) is 3.25. The number of fused-ring (bicyclic) bond motifs is 1. The van der Waals surface area contributed by atoms with Crippen molar-refractivity contribution in [2.45, 2.75) is 19.9 Å². The first-order valence-corrected chi connectivity index (χ1v) is 5.89. The van der Waals surface area contributed by atoms with Crippen molar-refractivity contribution in [2.75, 3.05) is 6.54 Å². The maximum Gasteiger partial charge on any atom is 0.254 e. The van der Waals surface area contributed by atoms with Crippen molar-refractivity contribution < 1.29 is 9.32 Å². The molecule has 3 heterocycles. The van der Waals surface area contributed by atoms with Crippen LogP contribution in [0, 0.1) is 6.92 Å². The number of rotatable bonds is 1. The van der Waals surface area contributed by atoms with E-state index < -0.39 is 0 Å². The van der Waals surface area contributed by atoms with Gasteiger partial charge in [-0.3, -0.25) is 9.78 Å². The molecule has 0 saturated heterocycles. The Morgan fingerprint density at radius 2 is 2.17 bits per heavy atom. The Labute approximate surface area is 104 Å². The Hall–Kier alpha value is -2.17. The first-order valence-electron chi connectivity index (χ1n) is 5.89. The van der Waals surface area contributed by atoms with Crippen molar-refractivity contribution in [3.63, 3.8) is 0 Å². The zero-order chi connectivity index (χ0) is 12.5. The first kappa shape index (κ1) is 11.0. The molecule has 0 radical (unpaired) electrons. The molecule has 92 valence electrons. The lowest BCUT2D eigenvalue weighted by molar-refractivity contribution is 0.0716. The van der Waals surface area contributed by atoms with Gasteiger partial charge < -0.3 is 9.42 Å². The summed E-state index contributed by atoms with van der Waals surface area (Å²) < 4.78 is 5.25. The van der Waals surface area contributed by atoms with E-state index in [9.17, 15) is 4.79 Å². The largest absolute Gasteiger partial charge is 0.359 e. The molecule has 18 heavy (non-hydrogen) atoms. The van der Waals surface area contributed by atoms with E-state index in [-0.39, 0.29) is 5.91 Å². The summed E-state index contributed by atoms with van der Waals surface area (Å²) in [6.07, 6.45) is 4.06. The number of nitrogens with zero attached hydrogens (tertiary/aromatic N) is 3. The summed E-state index contributed by atoms with van der Waals surface area (Å²) in [6.45, 7) is 3.14. The van der Waals surface area contributed by atoms with E-state index in [0.717, 1.165) is 23.4 Å². The zero-order valence-corrected chi connectivity index (χ0v) is 10.1. The van der Waals surface area contributed by atoms with Crippen LogP contribution in [0.1, 0.15) is 27.4 Å². The van der Waals surface area contributed by atoms with Gasteiger partial charge in [0.25, 0.3) is 5.91 Å². The minimum absolute atomic E-state index is 0.0112. The number of aryl methyl sites for hydroxylation is 1. The molecular formula is C13H13N3O2. The molecule has 1 amide bonds. The number of hydrogen-bond donors (Lipinski definition) is 0. The average Bonchev–Trinajstić information content (AvgIpc) is 2.80. The van der Waals surface area contributed by atoms with E-state index in [1.807, 2.05) is 6.92 Å². The third-order valence-electron chi connectivity index (χ3n) is 3.25. The van der Waals surface area contributed by atoms with Gasteiger partial charge in [0, 0.05) is 30.1 Å². The molecule has 0 spiro atoms. The second kappa shape index (κ2) is 4.25. The van der Waals surface area contributed by atoms with Crippen LogP contribution in [-0.2, 0) is 13.0 Å². The Bertz CT molecular complexity index is 577. The Kier molecular flexibility index (Phi) is 2.59. The monoisotopic (exact) mass is 243 g/mol. The van der Waals surface area contributed by atoms with E-state index >= 15 is 0 Å². The van der Waals surface area contributed by atoms with E-state index in [2.05, 4.69) is 10.1 Å². The lowest BCUT2D eigenvalue weighted by atomic mass is 10.0. The molecule has 0 unspecified atom stereocenters. The summed E-state index contributed by atoms with van der Waals surface area (Å²) in [7, 11) is 0. The number of pyridine rings is 1. The van der Waals surface area contributed by atoms with Crippen LogP contribution in [0.5, 0.6) is 0 Å². The lowest BCUT2D eigenvalue weighted by Crippen LogP contribution is -2.35. The molecule has 2 aromatic heterocycles. The number of aromatic nitrogens is 2. The summed E-state index contributed by atoms with van der Waals surface area (Å²) in [5, 5.41) is 3.94. The fourth-order valence-corrected chi connectivity index (χ4v) is 2.23. The molecule has 2 aromatic rings. The highest BCUT2D eigenvalue weighted by atomic mass is 16.5. The molecule has 1 aliphatic rings. The van der Waals surface area contributed by atoms with Crippen molar-refractivity contribution in [3.8, 4) is 0 Å². The van der Waals surface area contributed by atoms with E-state index in [0.29, 0.717) is 18.7 Å². The van der Waals surface area contributed by atoms with Gasteiger partial charge in [0.15, 0.2) is 5.76 Å². The van der Waals surface area contributed by atoms with Gasteiger partial charge in [-0.25, -0.2) is 0 Å². The van der Waals surface area contributed by atoms with Crippen molar-refractivity contribution in [2.24, 2.45) is 0 Å². The fraction of sp³-hybridized carbons (Fsp3) is 0.308. The fourth-order valence-electron chi connectivity index (χ4n) is 2.23. The van der Waals surface area contributed by atoms with Gasteiger partial charge in [0.1, 0.15) is 0 Å². The van der Waals surface area contributed by atoms with Crippen LogP contribution in [0.25, 0.3) is 0 Å². The summed E-state index contributed by atoms with van der Waals surface area (Å²) in [5.41, 5.74) is 2.74. The zero-order valence-electron chi connectivity index (χ0n) is 10.1. The SMILES string of the molecule is Cc1noc2c1CCN(C(=O)c1ccncc1)C2. The lowest BCUT2D eigenvalue weighted by Gasteiger charge is -2.25. The van der Waals surface area contributed by atoms with Crippen LogP contribution in [0.3, 0.4) is 0 Å². The summed E-state index contributed by atoms with van der Waals surface area (Å²) in [4.78, 5) is 17.9. The normalized spacial score (nSPS) is 14.4. The van der Waals surface area contributed by atoms with Gasteiger partial charge >= 0.3 is 0 Å². The molecule has 0 bridgehead atoms. The minimum atomic E-state index is 0.0112. The molecule has 0 N–H and O–H groups in total.